The Balaban J connectivity index is 3.49. The van der Waals surface area contributed by atoms with Gasteiger partial charge < -0.3 is 4.74 Å². The van der Waals surface area contributed by atoms with Crippen LogP contribution in [0, 0.1) is 0 Å². The normalized spacial score (nSPS) is 12.0. The molecular formula is C8H5BrF5NO. The molecule has 1 heterocycles. The van der Waals surface area contributed by atoms with Crippen molar-refractivity contribution in [3.8, 4) is 5.75 Å². The Kier molecular flexibility index (Phi) is 3.72. The predicted molar refractivity (Wildman–Crippen MR) is 48.4 cm³/mol. The van der Waals surface area contributed by atoms with E-state index in [4.69, 9.17) is 0 Å². The van der Waals surface area contributed by atoms with Crippen molar-refractivity contribution < 1.29 is 26.7 Å². The van der Waals surface area contributed by atoms with Crippen LogP contribution in [-0.4, -0.2) is 12.1 Å². The first-order valence-corrected chi connectivity index (χ1v) is 4.66. The maximum absolute atomic E-state index is 12.5. The average Bonchev–Trinajstić information content (AvgIpc) is 2.14. The van der Waals surface area contributed by atoms with Crippen LogP contribution in [0.2, 0.25) is 0 Å². The van der Waals surface area contributed by atoms with Crippen molar-refractivity contribution in [1.29, 1.82) is 0 Å². The molecule has 1 aromatic heterocycles. The summed E-state index contributed by atoms with van der Waals surface area (Å²) in [5.41, 5.74) is -2.32. The molecule has 0 saturated carbocycles. The zero-order valence-electron chi connectivity index (χ0n) is 7.78. The molecule has 16 heavy (non-hydrogen) atoms. The molecule has 0 saturated heterocycles. The SMILES string of the molecule is COc1c(C(F)(F)F)cc(Br)nc1C(F)F. The van der Waals surface area contributed by atoms with Crippen molar-refractivity contribution in [2.75, 3.05) is 7.11 Å². The molecule has 0 aromatic carbocycles. The van der Waals surface area contributed by atoms with Gasteiger partial charge in [-0.05, 0) is 22.0 Å². The molecule has 0 atom stereocenters. The smallest absolute Gasteiger partial charge is 0.420 e. The van der Waals surface area contributed by atoms with Crippen LogP contribution in [0.15, 0.2) is 10.7 Å². The third kappa shape index (κ3) is 2.60. The van der Waals surface area contributed by atoms with Crippen LogP contribution in [0.5, 0.6) is 5.75 Å². The molecule has 0 aliphatic rings. The van der Waals surface area contributed by atoms with E-state index in [2.05, 4.69) is 25.7 Å². The van der Waals surface area contributed by atoms with Gasteiger partial charge in [-0.25, -0.2) is 13.8 Å². The molecule has 8 heteroatoms. The second-order valence-electron chi connectivity index (χ2n) is 2.71. The molecular weight excluding hydrogens is 301 g/mol. The fourth-order valence-electron chi connectivity index (χ4n) is 1.09. The zero-order chi connectivity index (χ0) is 12.5. The van der Waals surface area contributed by atoms with Crippen LogP contribution in [-0.2, 0) is 6.18 Å². The van der Waals surface area contributed by atoms with Crippen LogP contribution in [0.4, 0.5) is 22.0 Å². The molecule has 1 aromatic rings. The Bertz CT molecular complexity index is 393. The number of pyridine rings is 1. The van der Waals surface area contributed by atoms with E-state index in [1.54, 1.807) is 0 Å². The third-order valence-corrected chi connectivity index (χ3v) is 2.09. The van der Waals surface area contributed by atoms with E-state index in [0.29, 0.717) is 6.07 Å². The molecule has 1 rings (SSSR count). The zero-order valence-corrected chi connectivity index (χ0v) is 9.36. The van der Waals surface area contributed by atoms with Gasteiger partial charge in [0.15, 0.2) is 11.4 Å². The van der Waals surface area contributed by atoms with Crippen LogP contribution in [0.25, 0.3) is 0 Å². The van der Waals surface area contributed by atoms with Gasteiger partial charge in [-0.15, -0.1) is 0 Å². The molecule has 0 spiro atoms. The molecule has 0 bridgehead atoms. The topological polar surface area (TPSA) is 22.1 Å². The molecule has 90 valence electrons. The van der Waals surface area contributed by atoms with Gasteiger partial charge in [0, 0.05) is 0 Å². The van der Waals surface area contributed by atoms with Gasteiger partial charge in [0.25, 0.3) is 6.43 Å². The van der Waals surface area contributed by atoms with Crippen LogP contribution in [0.3, 0.4) is 0 Å². The standard InChI is InChI=1S/C8H5BrF5NO/c1-16-6-3(8(12,13)14)2-4(9)15-5(6)7(10)11/h2,7H,1H3. The van der Waals surface area contributed by atoms with Crippen LogP contribution < -0.4 is 4.74 Å². The summed E-state index contributed by atoms with van der Waals surface area (Å²) in [6.45, 7) is 0. The van der Waals surface area contributed by atoms with Crippen molar-refractivity contribution in [2.24, 2.45) is 0 Å². The molecule has 0 aliphatic heterocycles. The number of alkyl halides is 5. The number of hydrogen-bond donors (Lipinski definition) is 0. The highest BCUT2D eigenvalue weighted by Crippen LogP contribution is 2.41. The lowest BCUT2D eigenvalue weighted by Crippen LogP contribution is -2.11. The molecule has 0 fully saturated rings. The summed E-state index contributed by atoms with van der Waals surface area (Å²) in [7, 11) is 0.881. The minimum atomic E-state index is -4.78. The van der Waals surface area contributed by atoms with E-state index in [1.807, 2.05) is 0 Å². The minimum Gasteiger partial charge on any atom is -0.494 e. The van der Waals surface area contributed by atoms with Gasteiger partial charge in [0.2, 0.25) is 0 Å². The Labute approximate surface area is 95.6 Å². The van der Waals surface area contributed by atoms with E-state index in [9.17, 15) is 22.0 Å². The first kappa shape index (κ1) is 13.1. The van der Waals surface area contributed by atoms with Gasteiger partial charge in [-0.1, -0.05) is 0 Å². The lowest BCUT2D eigenvalue weighted by molar-refractivity contribution is -0.139. The van der Waals surface area contributed by atoms with Gasteiger partial charge in [0.1, 0.15) is 10.2 Å². The number of rotatable bonds is 2. The largest absolute Gasteiger partial charge is 0.494 e. The van der Waals surface area contributed by atoms with E-state index in [1.165, 1.54) is 0 Å². The van der Waals surface area contributed by atoms with Crippen molar-refractivity contribution in [1.82, 2.24) is 4.98 Å². The Morgan fingerprint density at radius 2 is 1.94 bits per heavy atom. The van der Waals surface area contributed by atoms with Crippen molar-refractivity contribution in [2.45, 2.75) is 12.6 Å². The third-order valence-electron chi connectivity index (χ3n) is 1.68. The molecule has 0 N–H and O–H groups in total. The summed E-state index contributed by atoms with van der Waals surface area (Å²) in [5.74, 6) is -0.953. The summed E-state index contributed by atoms with van der Waals surface area (Å²) in [6.07, 6.45) is -7.92. The van der Waals surface area contributed by atoms with Crippen LogP contribution in [0.1, 0.15) is 17.7 Å². The number of aromatic nitrogens is 1. The fraction of sp³-hybridized carbons (Fsp3) is 0.375. The number of ether oxygens (including phenoxy) is 1. The summed E-state index contributed by atoms with van der Waals surface area (Å²) in [6, 6.07) is 0.588. The Morgan fingerprint density at radius 3 is 2.31 bits per heavy atom. The molecule has 0 radical (unpaired) electrons. The van der Waals surface area contributed by atoms with Gasteiger partial charge in [-0.2, -0.15) is 13.2 Å². The minimum absolute atomic E-state index is 0.323. The highest BCUT2D eigenvalue weighted by Gasteiger charge is 2.37. The number of methoxy groups -OCH3 is 1. The summed E-state index contributed by atoms with van der Waals surface area (Å²) >= 11 is 2.64. The summed E-state index contributed by atoms with van der Waals surface area (Å²) in [4.78, 5) is 3.26. The fourth-order valence-corrected chi connectivity index (χ4v) is 1.51. The van der Waals surface area contributed by atoms with Crippen molar-refractivity contribution >= 4 is 15.9 Å². The molecule has 0 amide bonds. The Morgan fingerprint density at radius 1 is 1.38 bits per heavy atom. The van der Waals surface area contributed by atoms with E-state index in [0.717, 1.165) is 7.11 Å². The number of hydrogen-bond acceptors (Lipinski definition) is 2. The second kappa shape index (κ2) is 4.52. The summed E-state index contributed by atoms with van der Waals surface area (Å²) in [5, 5.41) is 0. The monoisotopic (exact) mass is 305 g/mol. The molecule has 2 nitrogen and oxygen atoms in total. The van der Waals surface area contributed by atoms with Crippen molar-refractivity contribution in [3.05, 3.63) is 21.9 Å². The van der Waals surface area contributed by atoms with Gasteiger partial charge in [0.05, 0.1) is 7.11 Å². The highest BCUT2D eigenvalue weighted by atomic mass is 79.9. The van der Waals surface area contributed by atoms with E-state index < -0.39 is 29.6 Å². The quantitative estimate of drug-likeness (QED) is 0.612. The second-order valence-corrected chi connectivity index (χ2v) is 3.52. The van der Waals surface area contributed by atoms with Gasteiger partial charge >= 0.3 is 6.18 Å². The highest BCUT2D eigenvalue weighted by molar-refractivity contribution is 9.10. The lowest BCUT2D eigenvalue weighted by Gasteiger charge is -2.15. The maximum atomic E-state index is 12.5. The lowest BCUT2D eigenvalue weighted by atomic mass is 10.2. The molecule has 0 unspecified atom stereocenters. The predicted octanol–water partition coefficient (Wildman–Crippen LogP) is 3.81. The van der Waals surface area contributed by atoms with E-state index >= 15 is 0 Å². The van der Waals surface area contributed by atoms with Gasteiger partial charge in [-0.3, -0.25) is 0 Å². The van der Waals surface area contributed by atoms with Crippen molar-refractivity contribution in [3.63, 3.8) is 0 Å². The maximum Gasteiger partial charge on any atom is 0.420 e. The number of nitrogens with zero attached hydrogens (tertiary/aromatic N) is 1. The van der Waals surface area contributed by atoms with E-state index in [-0.39, 0.29) is 4.60 Å². The molecule has 0 aliphatic carbocycles. The Hall–Kier alpha value is -0.920. The number of halogens is 6. The first-order valence-electron chi connectivity index (χ1n) is 3.87. The van der Waals surface area contributed by atoms with Crippen LogP contribution >= 0.6 is 15.9 Å². The average molecular weight is 306 g/mol. The summed E-state index contributed by atoms with van der Waals surface area (Å²) < 4.78 is 66.3. The first-order chi connectivity index (χ1) is 7.27.